The Morgan fingerprint density at radius 1 is 0.379 bits per heavy atom. The summed E-state index contributed by atoms with van der Waals surface area (Å²) in [6.45, 7) is 0. The Labute approximate surface area is 338 Å². The summed E-state index contributed by atoms with van der Waals surface area (Å²) >= 11 is 1.85. The second-order valence-corrected chi connectivity index (χ2v) is 15.8. The van der Waals surface area contributed by atoms with Gasteiger partial charge in [-0.15, -0.1) is 11.3 Å². The minimum absolute atomic E-state index is 0.857. The summed E-state index contributed by atoms with van der Waals surface area (Å²) in [7, 11) is 0. The molecule has 0 aliphatic carbocycles. The zero-order valence-electron chi connectivity index (χ0n) is 31.2. The van der Waals surface area contributed by atoms with E-state index in [1.165, 1.54) is 31.3 Å². The molecule has 4 heteroatoms. The van der Waals surface area contributed by atoms with Crippen molar-refractivity contribution in [1.82, 2.24) is 0 Å². The third-order valence-corrected chi connectivity index (χ3v) is 12.7. The van der Waals surface area contributed by atoms with Gasteiger partial charge in [-0.3, -0.25) is 0 Å². The quantitative estimate of drug-likeness (QED) is 0.169. The zero-order valence-corrected chi connectivity index (χ0v) is 32.0. The molecule has 0 radical (unpaired) electrons. The highest BCUT2D eigenvalue weighted by Gasteiger charge is 2.23. The standard InChI is InChI=1S/C54H33NO2S/c1-3-13-34(14-4-1)35-25-29-38(30-26-35)55(46-22-12-21-43-41-17-8-10-24-49(41)58-54(43)46)39-31-27-36(28-32-39)40-19-11-20-42-45-33-48-51(44-18-7-9-23-47(44)56-48)50(53(45)57-52(40)42)37-15-5-2-6-16-37/h1-33H. The first-order chi connectivity index (χ1) is 28.8. The van der Waals surface area contributed by atoms with E-state index in [0.717, 1.165) is 83.2 Å². The summed E-state index contributed by atoms with van der Waals surface area (Å²) in [5.74, 6) is 0. The van der Waals surface area contributed by atoms with Gasteiger partial charge in [0.25, 0.3) is 0 Å². The van der Waals surface area contributed by atoms with Crippen LogP contribution in [0.5, 0.6) is 0 Å². The largest absolute Gasteiger partial charge is 0.456 e. The Bertz CT molecular complexity index is 3490. The molecule has 0 unspecified atom stereocenters. The molecule has 58 heavy (non-hydrogen) atoms. The van der Waals surface area contributed by atoms with Gasteiger partial charge in [0.15, 0.2) is 0 Å². The Hall–Kier alpha value is -7.40. The maximum atomic E-state index is 7.04. The average Bonchev–Trinajstić information content (AvgIpc) is 3.98. The molecule has 3 aromatic heterocycles. The van der Waals surface area contributed by atoms with Gasteiger partial charge in [0.2, 0.25) is 0 Å². The predicted octanol–water partition coefficient (Wildman–Crippen LogP) is 16.3. The molecule has 12 rings (SSSR count). The predicted molar refractivity (Wildman–Crippen MR) is 245 cm³/mol. The maximum Gasteiger partial charge on any atom is 0.144 e. The molecular formula is C54H33NO2S. The minimum atomic E-state index is 0.857. The van der Waals surface area contributed by atoms with Crippen LogP contribution in [0.25, 0.3) is 97.4 Å². The minimum Gasteiger partial charge on any atom is -0.456 e. The fraction of sp³-hybridized carbons (Fsp3) is 0. The van der Waals surface area contributed by atoms with Crippen LogP contribution < -0.4 is 4.90 Å². The lowest BCUT2D eigenvalue weighted by molar-refractivity contribution is 0.665. The first kappa shape index (κ1) is 32.8. The molecule has 0 fully saturated rings. The Balaban J connectivity index is 1.02. The van der Waals surface area contributed by atoms with Crippen molar-refractivity contribution in [3.8, 4) is 33.4 Å². The molecule has 0 saturated heterocycles. The monoisotopic (exact) mass is 759 g/mol. The molecule has 12 aromatic rings. The number of benzene rings is 9. The molecule has 0 amide bonds. The molecule has 3 nitrogen and oxygen atoms in total. The fourth-order valence-corrected chi connectivity index (χ4v) is 10.0. The van der Waals surface area contributed by atoms with E-state index in [2.05, 4.69) is 193 Å². The lowest BCUT2D eigenvalue weighted by Crippen LogP contribution is -2.10. The molecule has 0 saturated carbocycles. The Morgan fingerprint density at radius 2 is 0.983 bits per heavy atom. The van der Waals surface area contributed by atoms with Crippen LogP contribution in [-0.2, 0) is 0 Å². The van der Waals surface area contributed by atoms with Gasteiger partial charge < -0.3 is 13.7 Å². The van der Waals surface area contributed by atoms with E-state index >= 15 is 0 Å². The zero-order chi connectivity index (χ0) is 38.2. The van der Waals surface area contributed by atoms with E-state index in [1.807, 2.05) is 23.5 Å². The third-order valence-electron chi connectivity index (χ3n) is 11.5. The molecule has 272 valence electrons. The molecule has 0 spiro atoms. The van der Waals surface area contributed by atoms with Gasteiger partial charge in [0, 0.05) is 59.5 Å². The molecule has 9 aromatic carbocycles. The van der Waals surface area contributed by atoms with Crippen molar-refractivity contribution in [3.05, 3.63) is 200 Å². The van der Waals surface area contributed by atoms with Crippen LogP contribution >= 0.6 is 11.3 Å². The van der Waals surface area contributed by atoms with Gasteiger partial charge in [0.1, 0.15) is 22.3 Å². The highest BCUT2D eigenvalue weighted by atomic mass is 32.1. The number of para-hydroxylation sites is 2. The Kier molecular flexibility index (Phi) is 7.40. The van der Waals surface area contributed by atoms with E-state index in [9.17, 15) is 0 Å². The van der Waals surface area contributed by atoms with Gasteiger partial charge in [-0.25, -0.2) is 0 Å². The number of thiophene rings is 1. The van der Waals surface area contributed by atoms with Crippen LogP contribution in [0.2, 0.25) is 0 Å². The molecule has 0 aliphatic heterocycles. The summed E-state index contributed by atoms with van der Waals surface area (Å²) in [6.07, 6.45) is 0. The molecule has 0 bridgehead atoms. The van der Waals surface area contributed by atoms with Crippen LogP contribution in [0.1, 0.15) is 0 Å². The number of anilines is 3. The number of hydrogen-bond acceptors (Lipinski definition) is 4. The van der Waals surface area contributed by atoms with Crippen LogP contribution in [0.4, 0.5) is 17.1 Å². The second-order valence-electron chi connectivity index (χ2n) is 14.8. The van der Waals surface area contributed by atoms with Gasteiger partial charge >= 0.3 is 0 Å². The normalized spacial score (nSPS) is 11.8. The van der Waals surface area contributed by atoms with E-state index in [4.69, 9.17) is 8.83 Å². The molecule has 3 heterocycles. The number of hydrogen-bond donors (Lipinski definition) is 0. The third kappa shape index (κ3) is 5.12. The number of fused-ring (bicyclic) bond motifs is 9. The highest BCUT2D eigenvalue weighted by molar-refractivity contribution is 7.26. The first-order valence-corrected chi connectivity index (χ1v) is 20.4. The summed E-state index contributed by atoms with van der Waals surface area (Å²) in [6, 6.07) is 71.2. The number of nitrogens with zero attached hydrogens (tertiary/aromatic N) is 1. The van der Waals surface area contributed by atoms with E-state index in [1.54, 1.807) is 0 Å². The van der Waals surface area contributed by atoms with E-state index < -0.39 is 0 Å². The van der Waals surface area contributed by atoms with Crippen LogP contribution in [-0.4, -0.2) is 0 Å². The van der Waals surface area contributed by atoms with Crippen molar-refractivity contribution in [2.24, 2.45) is 0 Å². The van der Waals surface area contributed by atoms with Gasteiger partial charge in [-0.05, 0) is 70.8 Å². The summed E-state index contributed by atoms with van der Waals surface area (Å²) in [4.78, 5) is 2.39. The average molecular weight is 760 g/mol. The van der Waals surface area contributed by atoms with Crippen molar-refractivity contribution in [2.75, 3.05) is 4.90 Å². The Morgan fingerprint density at radius 3 is 1.76 bits per heavy atom. The number of furan rings is 2. The van der Waals surface area contributed by atoms with Crippen molar-refractivity contribution < 1.29 is 8.83 Å². The second kappa shape index (κ2) is 13.1. The summed E-state index contributed by atoms with van der Waals surface area (Å²) in [5, 5.41) is 6.82. The highest BCUT2D eigenvalue weighted by Crippen LogP contribution is 2.48. The number of rotatable bonds is 6. The van der Waals surface area contributed by atoms with Gasteiger partial charge in [0.05, 0.1) is 10.4 Å². The van der Waals surface area contributed by atoms with Gasteiger partial charge in [-0.2, -0.15) is 0 Å². The molecule has 0 aliphatic rings. The molecule has 0 atom stereocenters. The van der Waals surface area contributed by atoms with E-state index in [0.29, 0.717) is 0 Å². The lowest BCUT2D eigenvalue weighted by Gasteiger charge is -2.26. The van der Waals surface area contributed by atoms with Crippen molar-refractivity contribution in [2.45, 2.75) is 0 Å². The first-order valence-electron chi connectivity index (χ1n) is 19.6. The van der Waals surface area contributed by atoms with Crippen LogP contribution in [0, 0.1) is 0 Å². The van der Waals surface area contributed by atoms with E-state index in [-0.39, 0.29) is 0 Å². The lowest BCUT2D eigenvalue weighted by atomic mass is 9.96. The maximum absolute atomic E-state index is 7.04. The van der Waals surface area contributed by atoms with Crippen molar-refractivity contribution in [1.29, 1.82) is 0 Å². The van der Waals surface area contributed by atoms with Crippen molar-refractivity contribution in [3.63, 3.8) is 0 Å². The van der Waals surface area contributed by atoms with Crippen molar-refractivity contribution >= 4 is 92.4 Å². The fourth-order valence-electron chi connectivity index (χ4n) is 8.80. The SMILES string of the molecule is c1ccc(-c2ccc(N(c3ccc(-c4cccc5c4oc4c(-c6ccccc6)c6c(cc45)oc4ccccc46)cc3)c3cccc4c3sc3ccccc34)cc2)cc1. The van der Waals surface area contributed by atoms with Crippen LogP contribution in [0.3, 0.4) is 0 Å². The van der Waals surface area contributed by atoms with Crippen LogP contribution in [0.15, 0.2) is 209 Å². The molecular weight excluding hydrogens is 727 g/mol. The topological polar surface area (TPSA) is 29.5 Å². The molecule has 0 N–H and O–H groups in total. The van der Waals surface area contributed by atoms with Gasteiger partial charge in [-0.1, -0.05) is 152 Å². The summed E-state index contributed by atoms with van der Waals surface area (Å²) in [5.41, 5.74) is 13.5. The smallest absolute Gasteiger partial charge is 0.144 e. The summed E-state index contributed by atoms with van der Waals surface area (Å²) < 4.78 is 16.1.